The molecule has 2 aromatic rings. The lowest BCUT2D eigenvalue weighted by molar-refractivity contribution is 0.184. The molecule has 0 aliphatic carbocycles. The maximum Gasteiger partial charge on any atom is 0.127 e. The van der Waals surface area contributed by atoms with Crippen LogP contribution in [0.15, 0.2) is 54.6 Å². The molecule has 112 valence electrons. The first-order valence-electron chi connectivity index (χ1n) is 7.33. The minimum absolute atomic E-state index is 0.0107. The van der Waals surface area contributed by atoms with Gasteiger partial charge in [0.2, 0.25) is 0 Å². The number of likely N-dealkylation sites (N-methyl/N-ethyl adjacent to an activating group) is 1. The van der Waals surface area contributed by atoms with Crippen LogP contribution in [-0.4, -0.2) is 24.5 Å². The molecule has 2 N–H and O–H groups in total. The predicted molar refractivity (Wildman–Crippen MR) is 85.6 cm³/mol. The molecule has 0 heterocycles. The fraction of sp³-hybridized carbons (Fsp3) is 0.333. The first kappa shape index (κ1) is 15.7. The Hall–Kier alpha value is -1.71. The molecule has 2 rings (SSSR count). The van der Waals surface area contributed by atoms with Crippen molar-refractivity contribution in [3.63, 3.8) is 0 Å². The summed E-state index contributed by atoms with van der Waals surface area (Å²) in [5.74, 6) is -0.160. The first-order valence-corrected chi connectivity index (χ1v) is 7.33. The van der Waals surface area contributed by atoms with E-state index in [1.54, 1.807) is 6.07 Å². The second kappa shape index (κ2) is 7.34. The molecule has 0 fully saturated rings. The lowest BCUT2D eigenvalue weighted by atomic mass is 10.0. The molecule has 0 spiro atoms. The second-order valence-corrected chi connectivity index (χ2v) is 5.44. The Bertz CT molecular complexity index is 556. The summed E-state index contributed by atoms with van der Waals surface area (Å²) >= 11 is 0. The molecule has 0 aromatic heterocycles. The van der Waals surface area contributed by atoms with Gasteiger partial charge in [-0.05, 0) is 32.0 Å². The predicted octanol–water partition coefficient (Wildman–Crippen LogP) is 3.39. The molecule has 21 heavy (non-hydrogen) atoms. The van der Waals surface area contributed by atoms with Crippen LogP contribution in [0.5, 0.6) is 0 Å². The summed E-state index contributed by atoms with van der Waals surface area (Å²) in [6, 6.07) is 17.4. The van der Waals surface area contributed by atoms with Gasteiger partial charge in [0.25, 0.3) is 0 Å². The average Bonchev–Trinajstić information content (AvgIpc) is 2.53. The maximum atomic E-state index is 13.9. The number of hydrogen-bond donors (Lipinski definition) is 1. The molecule has 0 aliphatic rings. The Morgan fingerprint density at radius 2 is 1.67 bits per heavy atom. The summed E-state index contributed by atoms with van der Waals surface area (Å²) in [7, 11) is 2.01. The first-order chi connectivity index (χ1) is 10.1. The number of nitrogens with two attached hydrogens (primary N) is 1. The summed E-state index contributed by atoms with van der Waals surface area (Å²) < 4.78 is 13.9. The van der Waals surface area contributed by atoms with E-state index in [1.165, 1.54) is 11.6 Å². The van der Waals surface area contributed by atoms with Gasteiger partial charge in [0.05, 0.1) is 0 Å². The van der Waals surface area contributed by atoms with Crippen molar-refractivity contribution in [1.82, 2.24) is 4.90 Å². The van der Waals surface area contributed by atoms with Crippen LogP contribution in [0.25, 0.3) is 0 Å². The fourth-order valence-electron chi connectivity index (χ4n) is 2.63. The van der Waals surface area contributed by atoms with E-state index in [0.717, 1.165) is 6.42 Å². The third-order valence-corrected chi connectivity index (χ3v) is 4.13. The number of rotatable bonds is 6. The molecule has 0 saturated heterocycles. The minimum Gasteiger partial charge on any atom is -0.329 e. The van der Waals surface area contributed by atoms with E-state index in [1.807, 2.05) is 44.3 Å². The highest BCUT2D eigenvalue weighted by Crippen LogP contribution is 2.24. The monoisotopic (exact) mass is 286 g/mol. The van der Waals surface area contributed by atoms with E-state index >= 15 is 0 Å². The SMILES string of the molecule is CC(c1ccccc1F)N(C)C(CN)Cc1ccccc1. The maximum absolute atomic E-state index is 13.9. The quantitative estimate of drug-likeness (QED) is 0.882. The Balaban J connectivity index is 2.12. The smallest absolute Gasteiger partial charge is 0.127 e. The van der Waals surface area contributed by atoms with Gasteiger partial charge in [0.15, 0.2) is 0 Å². The van der Waals surface area contributed by atoms with Crippen molar-refractivity contribution in [1.29, 1.82) is 0 Å². The lowest BCUT2D eigenvalue weighted by Gasteiger charge is -2.33. The van der Waals surface area contributed by atoms with Crippen molar-refractivity contribution in [2.24, 2.45) is 5.73 Å². The van der Waals surface area contributed by atoms with E-state index in [-0.39, 0.29) is 17.9 Å². The van der Waals surface area contributed by atoms with Crippen molar-refractivity contribution >= 4 is 0 Å². The normalized spacial score (nSPS) is 14.1. The van der Waals surface area contributed by atoms with Crippen molar-refractivity contribution < 1.29 is 4.39 Å². The molecule has 2 unspecified atom stereocenters. The molecule has 2 atom stereocenters. The molecule has 2 nitrogen and oxygen atoms in total. The Morgan fingerprint density at radius 3 is 2.29 bits per heavy atom. The van der Waals surface area contributed by atoms with E-state index < -0.39 is 0 Å². The highest BCUT2D eigenvalue weighted by Gasteiger charge is 2.22. The Morgan fingerprint density at radius 1 is 1.05 bits per heavy atom. The van der Waals surface area contributed by atoms with Crippen LogP contribution in [0.2, 0.25) is 0 Å². The van der Waals surface area contributed by atoms with Gasteiger partial charge in [0, 0.05) is 24.2 Å². The Labute approximate surface area is 126 Å². The van der Waals surface area contributed by atoms with Gasteiger partial charge in [-0.1, -0.05) is 48.5 Å². The van der Waals surface area contributed by atoms with Crippen molar-refractivity contribution in [2.75, 3.05) is 13.6 Å². The van der Waals surface area contributed by atoms with Crippen LogP contribution < -0.4 is 5.73 Å². The Kier molecular flexibility index (Phi) is 5.48. The number of hydrogen-bond acceptors (Lipinski definition) is 2. The minimum atomic E-state index is -0.160. The summed E-state index contributed by atoms with van der Waals surface area (Å²) in [5, 5.41) is 0. The highest BCUT2D eigenvalue weighted by atomic mass is 19.1. The third kappa shape index (κ3) is 3.90. The van der Waals surface area contributed by atoms with E-state index in [0.29, 0.717) is 12.1 Å². The van der Waals surface area contributed by atoms with Crippen LogP contribution in [0, 0.1) is 5.82 Å². The average molecular weight is 286 g/mol. The molecule has 0 saturated carbocycles. The molecule has 0 amide bonds. The molecule has 2 aromatic carbocycles. The van der Waals surface area contributed by atoms with Gasteiger partial charge in [-0.25, -0.2) is 4.39 Å². The molecule has 0 aliphatic heterocycles. The molecule has 0 radical (unpaired) electrons. The standard InChI is InChI=1S/C18H23FN2/c1-14(17-10-6-7-11-18(17)19)21(2)16(13-20)12-15-8-4-3-5-9-15/h3-11,14,16H,12-13,20H2,1-2H3. The molecule has 3 heteroatoms. The number of halogens is 1. The van der Waals surface area contributed by atoms with Gasteiger partial charge in [0.1, 0.15) is 5.82 Å². The van der Waals surface area contributed by atoms with E-state index in [4.69, 9.17) is 5.73 Å². The topological polar surface area (TPSA) is 29.3 Å². The largest absolute Gasteiger partial charge is 0.329 e. The number of benzene rings is 2. The summed E-state index contributed by atoms with van der Waals surface area (Å²) in [4.78, 5) is 2.16. The molecular weight excluding hydrogens is 263 g/mol. The summed E-state index contributed by atoms with van der Waals surface area (Å²) in [6.07, 6.45) is 0.868. The van der Waals surface area contributed by atoms with Gasteiger partial charge in [-0.3, -0.25) is 4.90 Å². The lowest BCUT2D eigenvalue weighted by Crippen LogP contribution is -2.41. The van der Waals surface area contributed by atoms with Gasteiger partial charge in [-0.15, -0.1) is 0 Å². The highest BCUT2D eigenvalue weighted by molar-refractivity contribution is 5.21. The van der Waals surface area contributed by atoms with Crippen LogP contribution >= 0.6 is 0 Å². The second-order valence-electron chi connectivity index (χ2n) is 5.44. The van der Waals surface area contributed by atoms with Gasteiger partial charge < -0.3 is 5.73 Å². The fourth-order valence-corrected chi connectivity index (χ4v) is 2.63. The third-order valence-electron chi connectivity index (χ3n) is 4.13. The summed E-state index contributed by atoms with van der Waals surface area (Å²) in [5.41, 5.74) is 7.90. The van der Waals surface area contributed by atoms with Crippen molar-refractivity contribution in [2.45, 2.75) is 25.4 Å². The van der Waals surface area contributed by atoms with Crippen LogP contribution in [0.4, 0.5) is 4.39 Å². The van der Waals surface area contributed by atoms with Crippen LogP contribution in [0.3, 0.4) is 0 Å². The van der Waals surface area contributed by atoms with Gasteiger partial charge in [-0.2, -0.15) is 0 Å². The molecule has 0 bridgehead atoms. The zero-order valence-corrected chi connectivity index (χ0v) is 12.7. The summed E-state index contributed by atoms with van der Waals surface area (Å²) in [6.45, 7) is 2.57. The van der Waals surface area contributed by atoms with Crippen LogP contribution in [-0.2, 0) is 6.42 Å². The van der Waals surface area contributed by atoms with Crippen molar-refractivity contribution in [3.8, 4) is 0 Å². The van der Waals surface area contributed by atoms with Crippen LogP contribution in [0.1, 0.15) is 24.1 Å². The molecular formula is C18H23FN2. The van der Waals surface area contributed by atoms with Crippen molar-refractivity contribution in [3.05, 3.63) is 71.5 Å². The van der Waals surface area contributed by atoms with Gasteiger partial charge >= 0.3 is 0 Å². The van der Waals surface area contributed by atoms with E-state index in [2.05, 4.69) is 17.0 Å². The number of nitrogens with zero attached hydrogens (tertiary/aromatic N) is 1. The zero-order valence-electron chi connectivity index (χ0n) is 12.7. The zero-order chi connectivity index (χ0) is 15.2. The van der Waals surface area contributed by atoms with E-state index in [9.17, 15) is 4.39 Å².